The molecule has 1 N–H and O–H groups in total. The molecule has 0 fully saturated rings. The van der Waals surface area contributed by atoms with Crippen molar-refractivity contribution in [1.82, 2.24) is 15.1 Å². The third kappa shape index (κ3) is 4.95. The highest BCUT2D eigenvalue weighted by Gasteiger charge is 2.14. The van der Waals surface area contributed by atoms with Gasteiger partial charge in [0.15, 0.2) is 0 Å². The molecule has 0 radical (unpaired) electrons. The van der Waals surface area contributed by atoms with Gasteiger partial charge in [-0.05, 0) is 25.8 Å². The van der Waals surface area contributed by atoms with E-state index in [2.05, 4.69) is 26.3 Å². The zero-order valence-electron chi connectivity index (χ0n) is 11.8. The number of halogens is 1. The highest BCUT2D eigenvalue weighted by atomic mass is 79.9. The second-order valence-electron chi connectivity index (χ2n) is 4.29. The molecule has 19 heavy (non-hydrogen) atoms. The Morgan fingerprint density at radius 3 is 2.89 bits per heavy atom. The van der Waals surface area contributed by atoms with Gasteiger partial charge in [0, 0.05) is 25.0 Å². The Kier molecular flexibility index (Phi) is 7.09. The topological polar surface area (TPSA) is 56.1 Å². The van der Waals surface area contributed by atoms with Gasteiger partial charge in [-0.2, -0.15) is 5.10 Å². The van der Waals surface area contributed by atoms with E-state index in [4.69, 9.17) is 4.74 Å². The Hall–Kier alpha value is -0.880. The van der Waals surface area contributed by atoms with E-state index in [-0.39, 0.29) is 10.7 Å². The molecule has 1 aromatic rings. The summed E-state index contributed by atoms with van der Waals surface area (Å²) in [5.41, 5.74) is 1.59. The zero-order valence-corrected chi connectivity index (χ0v) is 13.4. The average Bonchev–Trinajstić information content (AvgIpc) is 2.82. The number of rotatable bonds is 8. The number of aromatic nitrogens is 2. The molecule has 0 saturated heterocycles. The lowest BCUT2D eigenvalue weighted by Gasteiger charge is -2.10. The number of carbonyl (C=O) groups excluding carboxylic acids is 1. The van der Waals surface area contributed by atoms with Crippen LogP contribution in [0.2, 0.25) is 0 Å². The molecule has 1 heterocycles. The smallest absolute Gasteiger partial charge is 0.269 e. The fraction of sp³-hybridized carbons (Fsp3) is 0.692. The second-order valence-corrected chi connectivity index (χ2v) is 5.58. The molecule has 108 valence electrons. The van der Waals surface area contributed by atoms with E-state index in [0.717, 1.165) is 18.5 Å². The molecule has 0 aromatic carbocycles. The van der Waals surface area contributed by atoms with Crippen LogP contribution < -0.4 is 5.32 Å². The minimum absolute atomic E-state index is 0.0637. The van der Waals surface area contributed by atoms with Gasteiger partial charge in [-0.15, -0.1) is 0 Å². The molecule has 1 unspecified atom stereocenters. The normalized spacial score (nSPS) is 12.4. The molecule has 1 atom stereocenters. The number of amides is 1. The lowest BCUT2D eigenvalue weighted by Crippen LogP contribution is -2.28. The zero-order chi connectivity index (χ0) is 14.3. The molecule has 0 aliphatic heterocycles. The van der Waals surface area contributed by atoms with Crippen LogP contribution in [0.25, 0.3) is 0 Å². The quantitative estimate of drug-likeness (QED) is 0.741. The molecular formula is C13H22BrN3O2. The van der Waals surface area contributed by atoms with Gasteiger partial charge in [0.25, 0.3) is 5.91 Å². The minimum atomic E-state index is -0.0637. The Morgan fingerprint density at radius 2 is 2.32 bits per heavy atom. The molecule has 1 rings (SSSR count). The van der Waals surface area contributed by atoms with Gasteiger partial charge >= 0.3 is 0 Å². The summed E-state index contributed by atoms with van der Waals surface area (Å²) in [7, 11) is 1.67. The van der Waals surface area contributed by atoms with Crippen LogP contribution in [-0.4, -0.2) is 40.8 Å². The maximum absolute atomic E-state index is 12.1. The van der Waals surface area contributed by atoms with Crippen LogP contribution >= 0.6 is 15.9 Å². The van der Waals surface area contributed by atoms with Gasteiger partial charge < -0.3 is 10.1 Å². The molecule has 0 aliphatic carbocycles. The van der Waals surface area contributed by atoms with Gasteiger partial charge in [-0.25, -0.2) is 0 Å². The first kappa shape index (κ1) is 16.2. The van der Waals surface area contributed by atoms with E-state index in [1.54, 1.807) is 11.8 Å². The van der Waals surface area contributed by atoms with Crippen molar-refractivity contribution >= 4 is 21.8 Å². The first-order chi connectivity index (χ1) is 9.12. The number of alkyl halides is 1. The standard InChI is InChI=1S/C13H22BrN3O2/c1-4-11-8-12(17(5-2)16-11)13(18)15-7-6-10(14)9-19-3/h8,10H,4-7,9H2,1-3H3,(H,15,18). The summed E-state index contributed by atoms with van der Waals surface area (Å²) in [5, 5.41) is 7.28. The molecule has 0 spiro atoms. The first-order valence-corrected chi connectivity index (χ1v) is 7.51. The number of carbonyl (C=O) groups is 1. The van der Waals surface area contributed by atoms with Crippen molar-refractivity contribution in [3.63, 3.8) is 0 Å². The SMILES string of the molecule is CCc1cc(C(=O)NCCC(Br)COC)n(CC)n1. The van der Waals surface area contributed by atoms with Crippen LogP contribution in [0.5, 0.6) is 0 Å². The second kappa shape index (κ2) is 8.32. The third-order valence-corrected chi connectivity index (χ3v) is 3.54. The summed E-state index contributed by atoms with van der Waals surface area (Å²) >= 11 is 3.49. The van der Waals surface area contributed by atoms with Gasteiger partial charge in [-0.1, -0.05) is 22.9 Å². The first-order valence-electron chi connectivity index (χ1n) is 6.60. The molecule has 1 amide bonds. The molecular weight excluding hydrogens is 310 g/mol. The maximum atomic E-state index is 12.1. The molecule has 6 heteroatoms. The fourth-order valence-electron chi connectivity index (χ4n) is 1.76. The summed E-state index contributed by atoms with van der Waals surface area (Å²) in [6, 6.07) is 1.86. The van der Waals surface area contributed by atoms with Crippen molar-refractivity contribution < 1.29 is 9.53 Å². The van der Waals surface area contributed by atoms with Crippen LogP contribution in [0.1, 0.15) is 36.5 Å². The van der Waals surface area contributed by atoms with Crippen LogP contribution in [0.4, 0.5) is 0 Å². The van der Waals surface area contributed by atoms with Gasteiger partial charge in [0.05, 0.1) is 12.3 Å². The molecule has 0 aliphatic rings. The molecule has 1 aromatic heterocycles. The van der Waals surface area contributed by atoms with Crippen molar-refractivity contribution in [3.05, 3.63) is 17.5 Å². The number of aryl methyl sites for hydroxylation is 2. The van der Waals surface area contributed by atoms with E-state index in [0.29, 0.717) is 25.4 Å². The van der Waals surface area contributed by atoms with Gasteiger partial charge in [0.2, 0.25) is 0 Å². The van der Waals surface area contributed by atoms with Crippen LogP contribution in [0.3, 0.4) is 0 Å². The number of nitrogens with one attached hydrogen (secondary N) is 1. The Bertz CT molecular complexity index is 407. The van der Waals surface area contributed by atoms with Crippen LogP contribution in [0, 0.1) is 0 Å². The number of hydrogen-bond donors (Lipinski definition) is 1. The summed E-state index contributed by atoms with van der Waals surface area (Å²) in [6.07, 6.45) is 1.67. The largest absolute Gasteiger partial charge is 0.384 e. The monoisotopic (exact) mass is 331 g/mol. The maximum Gasteiger partial charge on any atom is 0.269 e. The van der Waals surface area contributed by atoms with Gasteiger partial charge in [0.1, 0.15) is 5.69 Å². The number of hydrogen-bond acceptors (Lipinski definition) is 3. The fourth-order valence-corrected chi connectivity index (χ4v) is 2.26. The van der Waals surface area contributed by atoms with E-state index < -0.39 is 0 Å². The highest BCUT2D eigenvalue weighted by molar-refractivity contribution is 9.09. The van der Waals surface area contributed by atoms with E-state index >= 15 is 0 Å². The van der Waals surface area contributed by atoms with E-state index in [1.807, 2.05) is 19.9 Å². The van der Waals surface area contributed by atoms with E-state index in [9.17, 15) is 4.79 Å². The average molecular weight is 332 g/mol. The van der Waals surface area contributed by atoms with Crippen molar-refractivity contribution in [1.29, 1.82) is 0 Å². The summed E-state index contributed by atoms with van der Waals surface area (Å²) in [5.74, 6) is -0.0637. The molecule has 0 bridgehead atoms. The Morgan fingerprint density at radius 1 is 1.58 bits per heavy atom. The summed E-state index contributed by atoms with van der Waals surface area (Å²) in [4.78, 5) is 12.3. The lowest BCUT2D eigenvalue weighted by molar-refractivity contribution is 0.0941. The summed E-state index contributed by atoms with van der Waals surface area (Å²) in [6.45, 7) is 5.98. The predicted octanol–water partition coefficient (Wildman–Crippen LogP) is 2.00. The Balaban J connectivity index is 2.51. The molecule has 0 saturated carbocycles. The van der Waals surface area contributed by atoms with Crippen molar-refractivity contribution in [2.24, 2.45) is 0 Å². The van der Waals surface area contributed by atoms with Crippen molar-refractivity contribution in [2.75, 3.05) is 20.3 Å². The molecule has 5 nitrogen and oxygen atoms in total. The van der Waals surface area contributed by atoms with Crippen LogP contribution in [0.15, 0.2) is 6.07 Å². The Labute approximate surface area is 122 Å². The predicted molar refractivity (Wildman–Crippen MR) is 78.8 cm³/mol. The van der Waals surface area contributed by atoms with E-state index in [1.165, 1.54) is 0 Å². The number of ether oxygens (including phenoxy) is 1. The minimum Gasteiger partial charge on any atom is -0.384 e. The highest BCUT2D eigenvalue weighted by Crippen LogP contribution is 2.07. The number of nitrogens with zero attached hydrogens (tertiary/aromatic N) is 2. The third-order valence-electron chi connectivity index (χ3n) is 2.82. The van der Waals surface area contributed by atoms with Crippen molar-refractivity contribution in [2.45, 2.75) is 38.1 Å². The van der Waals surface area contributed by atoms with Gasteiger partial charge in [-0.3, -0.25) is 9.48 Å². The van der Waals surface area contributed by atoms with Crippen molar-refractivity contribution in [3.8, 4) is 0 Å². The summed E-state index contributed by atoms with van der Waals surface area (Å²) < 4.78 is 6.77. The lowest BCUT2D eigenvalue weighted by atomic mass is 10.3. The van der Waals surface area contributed by atoms with Crippen LogP contribution in [-0.2, 0) is 17.7 Å². The number of methoxy groups -OCH3 is 1.